The van der Waals surface area contributed by atoms with Gasteiger partial charge in [0, 0.05) is 29.7 Å². The summed E-state index contributed by atoms with van der Waals surface area (Å²) in [5, 5.41) is 3.98. The molecule has 0 aromatic heterocycles. The van der Waals surface area contributed by atoms with Gasteiger partial charge in [-0.2, -0.15) is 4.31 Å². The number of carbonyl (C=O) groups excluding carboxylic acids is 2. The summed E-state index contributed by atoms with van der Waals surface area (Å²) in [7, 11) is -3.71. The first kappa shape index (κ1) is 28.7. The summed E-state index contributed by atoms with van der Waals surface area (Å²) in [6.45, 7) is 1.61. The fourth-order valence-electron chi connectivity index (χ4n) is 3.63. The van der Waals surface area contributed by atoms with Gasteiger partial charge < -0.3 is 10.2 Å². The molecule has 0 bridgehead atoms. The molecule has 0 aliphatic heterocycles. The summed E-state index contributed by atoms with van der Waals surface area (Å²) in [6, 6.07) is 22.1. The number of sulfonamides is 1. The summed E-state index contributed by atoms with van der Waals surface area (Å²) in [4.78, 5) is 28.0. The van der Waals surface area contributed by atoms with E-state index in [0.29, 0.717) is 10.0 Å². The predicted octanol–water partition coefficient (Wildman–Crippen LogP) is 4.49. The number of hydrogen-bond acceptors (Lipinski definition) is 4. The summed E-state index contributed by atoms with van der Waals surface area (Å²) < 4.78 is 26.2. The number of rotatable bonds is 11. The molecule has 1 N–H and O–H groups in total. The fourth-order valence-corrected chi connectivity index (χ4v) is 4.61. The number of nitrogens with one attached hydrogen (secondary N) is 1. The van der Waals surface area contributed by atoms with E-state index in [2.05, 4.69) is 5.32 Å². The van der Waals surface area contributed by atoms with Gasteiger partial charge >= 0.3 is 0 Å². The first-order valence-corrected chi connectivity index (χ1v) is 14.2. The van der Waals surface area contributed by atoms with Crippen LogP contribution in [0.25, 0.3) is 0 Å². The van der Waals surface area contributed by atoms with E-state index in [1.54, 1.807) is 79.7 Å². The second-order valence-electron chi connectivity index (χ2n) is 8.69. The normalized spacial score (nSPS) is 12.2. The standard InChI is InChI=1S/C27H29Cl2N3O4S/c1-20(27(34)30-16-21-8-12-24(28)13-9-21)32(18-23-10-14-25(29)15-11-23)26(33)19-31(37(2,35)36)17-22-6-4-3-5-7-22/h3-15,20H,16-19H2,1-2H3,(H,30,34)/t20-/m1/s1. The zero-order valence-corrected chi connectivity index (χ0v) is 22.9. The highest BCUT2D eigenvalue weighted by atomic mass is 35.5. The van der Waals surface area contributed by atoms with Crippen LogP contribution in [0.5, 0.6) is 0 Å². The van der Waals surface area contributed by atoms with Crippen LogP contribution in [0.1, 0.15) is 23.6 Å². The van der Waals surface area contributed by atoms with Gasteiger partial charge in [0.25, 0.3) is 0 Å². The maximum atomic E-state index is 13.5. The molecule has 2 amide bonds. The second kappa shape index (κ2) is 13.1. The lowest BCUT2D eigenvalue weighted by atomic mass is 10.1. The number of benzene rings is 3. The molecule has 10 heteroatoms. The van der Waals surface area contributed by atoms with Crippen LogP contribution in [-0.2, 0) is 39.2 Å². The molecule has 0 aliphatic rings. The highest BCUT2D eigenvalue weighted by Gasteiger charge is 2.29. The Hall–Kier alpha value is -2.91. The molecule has 0 heterocycles. The number of amides is 2. The van der Waals surface area contributed by atoms with Crippen molar-refractivity contribution in [2.75, 3.05) is 12.8 Å². The lowest BCUT2D eigenvalue weighted by molar-refractivity contribution is -0.140. The van der Waals surface area contributed by atoms with Crippen LogP contribution < -0.4 is 5.32 Å². The maximum Gasteiger partial charge on any atom is 0.242 e. The van der Waals surface area contributed by atoms with Crippen LogP contribution in [0.2, 0.25) is 10.0 Å². The first-order chi connectivity index (χ1) is 17.5. The van der Waals surface area contributed by atoms with E-state index < -0.39 is 28.5 Å². The van der Waals surface area contributed by atoms with Crippen LogP contribution in [0.15, 0.2) is 78.9 Å². The Morgan fingerprint density at radius 1 is 0.811 bits per heavy atom. The molecule has 0 aliphatic carbocycles. The van der Waals surface area contributed by atoms with Crippen molar-refractivity contribution in [3.05, 3.63) is 106 Å². The topological polar surface area (TPSA) is 86.8 Å². The molecule has 0 fully saturated rings. The molecule has 3 aromatic rings. The Kier molecular flexibility index (Phi) is 10.1. The van der Waals surface area contributed by atoms with Crippen molar-refractivity contribution >= 4 is 45.0 Å². The van der Waals surface area contributed by atoms with Gasteiger partial charge in [-0.25, -0.2) is 8.42 Å². The zero-order valence-electron chi connectivity index (χ0n) is 20.6. The van der Waals surface area contributed by atoms with Crippen molar-refractivity contribution in [3.8, 4) is 0 Å². The lowest BCUT2D eigenvalue weighted by Gasteiger charge is -2.31. The second-order valence-corrected chi connectivity index (χ2v) is 11.5. The minimum absolute atomic E-state index is 0.0390. The molecule has 7 nitrogen and oxygen atoms in total. The van der Waals surface area contributed by atoms with Crippen LogP contribution in [0.4, 0.5) is 0 Å². The number of halogens is 2. The van der Waals surface area contributed by atoms with Gasteiger partial charge in [-0.3, -0.25) is 9.59 Å². The molecule has 0 spiro atoms. The number of carbonyl (C=O) groups is 2. The van der Waals surface area contributed by atoms with Crippen LogP contribution in [0, 0.1) is 0 Å². The Morgan fingerprint density at radius 2 is 1.32 bits per heavy atom. The van der Waals surface area contributed by atoms with Crippen molar-refractivity contribution < 1.29 is 18.0 Å². The molecule has 0 saturated heterocycles. The van der Waals surface area contributed by atoms with Crippen molar-refractivity contribution in [2.45, 2.75) is 32.6 Å². The Balaban J connectivity index is 1.80. The minimum Gasteiger partial charge on any atom is -0.350 e. The highest BCUT2D eigenvalue weighted by molar-refractivity contribution is 7.88. The van der Waals surface area contributed by atoms with Gasteiger partial charge in [0.1, 0.15) is 6.04 Å². The van der Waals surface area contributed by atoms with E-state index >= 15 is 0 Å². The van der Waals surface area contributed by atoms with Gasteiger partial charge in [-0.15, -0.1) is 0 Å². The summed E-state index contributed by atoms with van der Waals surface area (Å²) in [5.74, 6) is -0.864. The largest absolute Gasteiger partial charge is 0.350 e. The smallest absolute Gasteiger partial charge is 0.242 e. The third-order valence-corrected chi connectivity index (χ3v) is 7.50. The molecule has 0 unspecified atom stereocenters. The number of hydrogen-bond donors (Lipinski definition) is 1. The molecule has 1 atom stereocenters. The van der Waals surface area contributed by atoms with E-state index in [1.165, 1.54) is 4.90 Å². The molecule has 0 saturated carbocycles. The van der Waals surface area contributed by atoms with Crippen LogP contribution in [0.3, 0.4) is 0 Å². The zero-order chi connectivity index (χ0) is 27.0. The quantitative estimate of drug-likeness (QED) is 0.373. The molecule has 3 aromatic carbocycles. The first-order valence-electron chi connectivity index (χ1n) is 11.6. The average Bonchev–Trinajstić information content (AvgIpc) is 2.87. The van der Waals surface area contributed by atoms with Crippen molar-refractivity contribution in [1.82, 2.24) is 14.5 Å². The van der Waals surface area contributed by atoms with E-state index in [1.807, 2.05) is 6.07 Å². The third kappa shape index (κ3) is 8.86. The van der Waals surface area contributed by atoms with E-state index in [9.17, 15) is 18.0 Å². The predicted molar refractivity (Wildman–Crippen MR) is 146 cm³/mol. The third-order valence-electron chi connectivity index (χ3n) is 5.80. The van der Waals surface area contributed by atoms with Gasteiger partial charge in [0.15, 0.2) is 0 Å². The van der Waals surface area contributed by atoms with Crippen molar-refractivity contribution in [1.29, 1.82) is 0 Å². The summed E-state index contributed by atoms with van der Waals surface area (Å²) in [6.07, 6.45) is 1.06. The molecule has 37 heavy (non-hydrogen) atoms. The van der Waals surface area contributed by atoms with Crippen molar-refractivity contribution in [3.63, 3.8) is 0 Å². The van der Waals surface area contributed by atoms with E-state index in [0.717, 1.165) is 27.3 Å². The highest BCUT2D eigenvalue weighted by Crippen LogP contribution is 2.16. The fraction of sp³-hybridized carbons (Fsp3) is 0.259. The SMILES string of the molecule is C[C@H](C(=O)NCc1ccc(Cl)cc1)N(Cc1ccc(Cl)cc1)C(=O)CN(Cc1ccccc1)S(C)(=O)=O. The maximum absolute atomic E-state index is 13.5. The summed E-state index contributed by atoms with van der Waals surface area (Å²) >= 11 is 11.9. The molecule has 3 rings (SSSR count). The van der Waals surface area contributed by atoms with E-state index in [-0.39, 0.29) is 25.5 Å². The van der Waals surface area contributed by atoms with Crippen molar-refractivity contribution in [2.24, 2.45) is 0 Å². The Morgan fingerprint density at radius 3 is 1.86 bits per heavy atom. The molecular weight excluding hydrogens is 533 g/mol. The minimum atomic E-state index is -3.71. The number of nitrogens with zero attached hydrogens (tertiary/aromatic N) is 2. The molecular formula is C27H29Cl2N3O4S. The Bertz CT molecular complexity index is 1300. The van der Waals surface area contributed by atoms with Crippen LogP contribution in [-0.4, -0.2) is 48.3 Å². The monoisotopic (exact) mass is 561 g/mol. The molecule has 0 radical (unpaired) electrons. The average molecular weight is 563 g/mol. The van der Waals surface area contributed by atoms with E-state index in [4.69, 9.17) is 23.2 Å². The lowest BCUT2D eigenvalue weighted by Crippen LogP contribution is -2.50. The van der Waals surface area contributed by atoms with Crippen LogP contribution >= 0.6 is 23.2 Å². The Labute approximate surface area is 228 Å². The van der Waals surface area contributed by atoms with Gasteiger partial charge in [0.05, 0.1) is 12.8 Å². The van der Waals surface area contributed by atoms with Gasteiger partial charge in [0.2, 0.25) is 21.8 Å². The van der Waals surface area contributed by atoms with Gasteiger partial charge in [-0.05, 0) is 47.9 Å². The summed E-state index contributed by atoms with van der Waals surface area (Å²) in [5.41, 5.74) is 2.36. The van der Waals surface area contributed by atoms with Gasteiger partial charge in [-0.1, -0.05) is 77.8 Å². The molecule has 196 valence electrons.